The number of hydrogen-bond acceptors (Lipinski definition) is 15. The van der Waals surface area contributed by atoms with Crippen molar-refractivity contribution in [1.82, 2.24) is 45.3 Å². The molecule has 24 heteroatoms. The molecule has 24 nitrogen and oxygen atoms in total. The van der Waals surface area contributed by atoms with E-state index in [1.54, 1.807) is 79.1 Å². The highest BCUT2D eigenvalue weighted by Gasteiger charge is 2.43. The summed E-state index contributed by atoms with van der Waals surface area (Å²) in [4.78, 5) is 122. The Balaban J connectivity index is 0.000000144. The number of morpholine rings is 3. The Morgan fingerprint density at radius 3 is 1.30 bits per heavy atom. The number of nitrogens with zero attached hydrogens (tertiary/aromatic N) is 6. The molecule has 6 aromatic rings. The zero-order valence-electron chi connectivity index (χ0n) is 63.1. The number of fused-ring (bicyclic) bond motifs is 3. The Morgan fingerprint density at radius 2 is 0.843 bits per heavy atom. The molecule has 0 aromatic heterocycles. The zero-order chi connectivity index (χ0) is 77.1. The summed E-state index contributed by atoms with van der Waals surface area (Å²) in [7, 11) is 0. The van der Waals surface area contributed by atoms with Gasteiger partial charge in [-0.2, -0.15) is 0 Å². The van der Waals surface area contributed by atoms with Crippen molar-refractivity contribution >= 4 is 53.2 Å². The number of carbonyl (C=O) groups excluding carboxylic acids is 9. The maximum Gasteiger partial charge on any atom is 0.255 e. The lowest BCUT2D eigenvalue weighted by atomic mass is 10.0. The summed E-state index contributed by atoms with van der Waals surface area (Å²) < 4.78 is 92.9. The van der Waals surface area contributed by atoms with E-state index >= 15 is 0 Å². The second kappa shape index (κ2) is 31.3. The number of carbonyl (C=O) groups is 9. The fourth-order valence-electron chi connectivity index (χ4n) is 13.2. The van der Waals surface area contributed by atoms with Crippen LogP contribution in [-0.4, -0.2) is 160 Å². The van der Waals surface area contributed by atoms with E-state index in [1.165, 1.54) is 0 Å². The van der Waals surface area contributed by atoms with Gasteiger partial charge in [-0.05, 0) is 108 Å². The monoisotopic (exact) mass is 1390 g/mol. The van der Waals surface area contributed by atoms with Gasteiger partial charge in [-0.3, -0.25) is 43.2 Å². The molecule has 0 radical (unpaired) electrons. The molecule has 0 spiro atoms. The van der Waals surface area contributed by atoms with Crippen LogP contribution in [0.1, 0.15) is 129 Å². The van der Waals surface area contributed by atoms with E-state index in [0.717, 1.165) is 27.2 Å². The number of hydrogen-bond donors (Lipinski definition) is 3. The summed E-state index contributed by atoms with van der Waals surface area (Å²) in [6, 6.07) is 27.1. The number of ether oxygens (including phenoxy) is 6. The van der Waals surface area contributed by atoms with Crippen LogP contribution in [0.3, 0.4) is 0 Å². The lowest BCUT2D eigenvalue weighted by Crippen LogP contribution is -2.49. The van der Waals surface area contributed by atoms with Gasteiger partial charge in [0.1, 0.15) is 75.0 Å². The van der Waals surface area contributed by atoms with E-state index in [4.69, 9.17) is 38.0 Å². The van der Waals surface area contributed by atoms with Crippen molar-refractivity contribution in [3.8, 4) is 17.2 Å². The zero-order valence-corrected chi connectivity index (χ0v) is 56.1. The molecule has 15 rings (SSSR count). The SMILES string of the molecule is [2H]C(Oc1cccc2c1CN(C1CCC(=C)NC1=O)C2=O)c1ccc(CN2CCOCC2=O)cc1.[2H]c1c([2H])c(OCc2ccc(CN3CCOCC3=O)cc2)c2c(c1[2H])C(=O)N(C1CCC(=C)NC1=O)C2([2H])[2H].[2H]c1cc(CN2CCOCC2=O)ccc1COc1cccc2c1CN(C1CCC(=C)NC1=O)C2=O. The van der Waals surface area contributed by atoms with Gasteiger partial charge in [-0.25, -0.2) is 0 Å². The molecule has 6 fully saturated rings. The highest BCUT2D eigenvalue weighted by molar-refractivity contribution is 6.04. The number of nitrogens with one attached hydrogen (secondary N) is 3. The minimum atomic E-state index is -2.56. The van der Waals surface area contributed by atoms with E-state index in [0.29, 0.717) is 166 Å². The first-order chi connectivity index (χ1) is 52.3. The first-order valence-corrected chi connectivity index (χ1v) is 33.8. The molecular formula is C78H81N9O15. The fourth-order valence-corrected chi connectivity index (χ4v) is 13.2. The fraction of sp³-hybridized carbons (Fsp3) is 0.346. The first kappa shape index (κ1) is 61.0. The van der Waals surface area contributed by atoms with Crippen molar-refractivity contribution in [3.63, 3.8) is 0 Å². The molecule has 4 atom stereocenters. The predicted octanol–water partition coefficient (Wildman–Crippen LogP) is 7.12. The van der Waals surface area contributed by atoms with Gasteiger partial charge >= 0.3 is 0 Å². The topological polar surface area (TPSA) is 265 Å². The third kappa shape index (κ3) is 15.9. The maximum atomic E-state index is 13.4. The van der Waals surface area contributed by atoms with Crippen molar-refractivity contribution < 1.29 is 81.2 Å². The summed E-state index contributed by atoms with van der Waals surface area (Å²) in [6.07, 6.45) is 2.85. The average Bonchev–Trinajstić information content (AvgIpc) is 1.55. The van der Waals surface area contributed by atoms with Gasteiger partial charge in [0.05, 0.1) is 49.0 Å². The van der Waals surface area contributed by atoms with Crippen molar-refractivity contribution in [1.29, 1.82) is 0 Å². The predicted molar refractivity (Wildman–Crippen MR) is 371 cm³/mol. The number of benzene rings is 6. The summed E-state index contributed by atoms with van der Waals surface area (Å²) in [5, 5.41) is 8.03. The molecule has 9 amide bonds. The summed E-state index contributed by atoms with van der Waals surface area (Å²) in [6.45, 7) is 13.2. The van der Waals surface area contributed by atoms with Gasteiger partial charge in [-0.15, -0.1) is 0 Å². The van der Waals surface area contributed by atoms with E-state index in [1.807, 2.05) is 48.5 Å². The third-order valence-electron chi connectivity index (χ3n) is 18.8. The normalized spacial score (nSPS) is 22.2. The Bertz CT molecular complexity index is 4700. The molecule has 9 aliphatic heterocycles. The van der Waals surface area contributed by atoms with Crippen LogP contribution in [-0.2, 0) is 102 Å². The minimum absolute atomic E-state index is 0.0285. The molecule has 4 unspecified atom stereocenters. The van der Waals surface area contributed by atoms with E-state index < -0.39 is 61.1 Å². The van der Waals surface area contributed by atoms with Crippen LogP contribution in [0.15, 0.2) is 164 Å². The second-order valence-corrected chi connectivity index (χ2v) is 25.8. The van der Waals surface area contributed by atoms with Crippen molar-refractivity contribution in [2.24, 2.45) is 0 Å². The van der Waals surface area contributed by atoms with Crippen LogP contribution in [0.4, 0.5) is 0 Å². The molecular weight excluding hydrogens is 1300 g/mol. The Hall–Kier alpha value is -11.0. The molecule has 0 bridgehead atoms. The highest BCUT2D eigenvalue weighted by Crippen LogP contribution is 2.38. The van der Waals surface area contributed by atoms with E-state index in [2.05, 4.69) is 35.7 Å². The van der Waals surface area contributed by atoms with Gasteiger partial charge in [0.2, 0.25) is 35.4 Å². The van der Waals surface area contributed by atoms with Crippen LogP contribution in [0.5, 0.6) is 17.2 Å². The van der Waals surface area contributed by atoms with Gasteiger partial charge in [0.15, 0.2) is 0 Å². The number of rotatable bonds is 18. The Morgan fingerprint density at radius 1 is 0.441 bits per heavy atom. The standard InChI is InChI=1S/3C26H27N3O5/c3*1-17-5-10-22(25(31)27-17)29-14-21-20(26(29)32)3-2-4-23(21)34-15-19-8-6-18(7-9-19)13-28-11-12-33-16-24(28)30/h3*2-4,6-9,22H,1,5,10-16H2,(H,27,31)/i2D,3D,4D,14D2;15D;8D. The van der Waals surface area contributed by atoms with Crippen LogP contribution >= 0.6 is 0 Å². The van der Waals surface area contributed by atoms with Crippen LogP contribution < -0.4 is 30.2 Å². The average molecular weight is 1390 g/mol. The minimum Gasteiger partial charge on any atom is -0.489 e. The third-order valence-corrected chi connectivity index (χ3v) is 18.8. The van der Waals surface area contributed by atoms with Crippen molar-refractivity contribution in [3.05, 3.63) is 231 Å². The van der Waals surface area contributed by atoms with Crippen LogP contribution in [0.25, 0.3) is 0 Å². The Kier molecular flexibility index (Phi) is 18.7. The molecule has 6 aromatic carbocycles. The van der Waals surface area contributed by atoms with Gasteiger partial charge in [0.25, 0.3) is 17.7 Å². The molecule has 528 valence electrons. The number of piperidine rings is 3. The number of allylic oxidation sites excluding steroid dienone is 3. The molecule has 0 saturated carbocycles. The summed E-state index contributed by atoms with van der Waals surface area (Å²) in [5.41, 5.74) is 8.36. The lowest BCUT2D eigenvalue weighted by molar-refractivity contribution is -0.144. The first-order valence-electron chi connectivity index (χ1n) is 37.3. The molecule has 6 saturated heterocycles. The van der Waals surface area contributed by atoms with Gasteiger partial charge < -0.3 is 73.8 Å². The van der Waals surface area contributed by atoms with Crippen molar-refractivity contribution in [2.45, 2.75) is 116 Å². The maximum absolute atomic E-state index is 13.4. The largest absolute Gasteiger partial charge is 0.489 e. The summed E-state index contributed by atoms with van der Waals surface area (Å²) >= 11 is 0. The smallest absolute Gasteiger partial charge is 0.255 e. The second-order valence-electron chi connectivity index (χ2n) is 25.8. The highest BCUT2D eigenvalue weighted by atomic mass is 16.5. The number of amides is 9. The van der Waals surface area contributed by atoms with Crippen LogP contribution in [0, 0.1) is 0 Å². The molecule has 0 aliphatic carbocycles. The van der Waals surface area contributed by atoms with Crippen LogP contribution in [0.2, 0.25) is 0 Å². The molecule has 9 aliphatic rings. The molecule has 102 heavy (non-hydrogen) atoms. The molecule has 3 N–H and O–H groups in total. The quantitative estimate of drug-likeness (QED) is 0.0774. The van der Waals surface area contributed by atoms with E-state index in [-0.39, 0.29) is 104 Å². The van der Waals surface area contributed by atoms with Gasteiger partial charge in [0, 0.05) is 89.7 Å². The lowest BCUT2D eigenvalue weighted by Gasteiger charge is -2.31. The van der Waals surface area contributed by atoms with E-state index in [9.17, 15) is 43.2 Å². The Labute approximate surface area is 600 Å². The summed E-state index contributed by atoms with van der Waals surface area (Å²) in [5.74, 6) is -1.73. The van der Waals surface area contributed by atoms with Gasteiger partial charge in [-0.1, -0.05) is 111 Å². The van der Waals surface area contributed by atoms with Crippen molar-refractivity contribution in [2.75, 3.05) is 59.3 Å². The molecule has 9 heterocycles.